The molecule has 134 valence electrons. The molecule has 1 amide bonds. The predicted octanol–water partition coefficient (Wildman–Crippen LogP) is 0.944. The number of hydrazine groups is 1. The molecule has 2 saturated heterocycles. The molecule has 1 aromatic heterocycles. The normalized spacial score (nSPS) is 26.7. The highest BCUT2D eigenvalue weighted by atomic mass is 16.2. The minimum absolute atomic E-state index is 0.118. The molecule has 0 saturated carbocycles. The Morgan fingerprint density at radius 2 is 2.16 bits per heavy atom. The van der Waals surface area contributed by atoms with Crippen molar-refractivity contribution in [1.29, 1.82) is 0 Å². The quantitative estimate of drug-likeness (QED) is 0.709. The molecule has 2 aliphatic heterocycles. The lowest BCUT2D eigenvalue weighted by Gasteiger charge is -2.33. The average molecular weight is 341 g/mol. The van der Waals surface area contributed by atoms with E-state index in [9.17, 15) is 4.79 Å². The minimum atomic E-state index is -0.125. The highest BCUT2D eigenvalue weighted by Crippen LogP contribution is 2.23. The van der Waals surface area contributed by atoms with Gasteiger partial charge in [-0.05, 0) is 44.0 Å². The summed E-state index contributed by atoms with van der Waals surface area (Å²) < 4.78 is 2.25. The molecule has 2 aromatic rings. The molecular weight excluding hydrogens is 314 g/mol. The van der Waals surface area contributed by atoms with Crippen molar-refractivity contribution in [3.8, 4) is 0 Å². The Kier molecular flexibility index (Phi) is 4.74. The van der Waals surface area contributed by atoms with Crippen LogP contribution in [-0.2, 0) is 11.3 Å². The topological polar surface area (TPSA) is 61.3 Å². The molecule has 3 N–H and O–H groups in total. The van der Waals surface area contributed by atoms with Gasteiger partial charge in [0.25, 0.3) is 0 Å². The lowest BCUT2D eigenvalue weighted by Crippen LogP contribution is -2.49. The van der Waals surface area contributed by atoms with E-state index >= 15 is 0 Å². The van der Waals surface area contributed by atoms with Crippen molar-refractivity contribution < 1.29 is 4.79 Å². The van der Waals surface area contributed by atoms with Crippen LogP contribution in [0, 0.1) is 5.92 Å². The van der Waals surface area contributed by atoms with Crippen molar-refractivity contribution in [3.05, 3.63) is 36.5 Å². The smallest absolute Gasteiger partial charge is 0.238 e. The molecule has 3 atom stereocenters. The van der Waals surface area contributed by atoms with Gasteiger partial charge in [0.2, 0.25) is 5.91 Å². The van der Waals surface area contributed by atoms with Crippen molar-refractivity contribution in [2.24, 2.45) is 5.92 Å². The number of nitrogens with zero attached hydrogens (tertiary/aromatic N) is 2. The number of aromatic nitrogens is 1. The molecule has 0 radical (unpaired) electrons. The Morgan fingerprint density at radius 1 is 1.28 bits per heavy atom. The number of carbonyl (C=O) groups excluding carboxylic acids is 1. The van der Waals surface area contributed by atoms with Crippen LogP contribution < -0.4 is 16.2 Å². The summed E-state index contributed by atoms with van der Waals surface area (Å²) in [6.07, 6.45) is 4.15. The second-order valence-electron chi connectivity index (χ2n) is 7.30. The minimum Gasteiger partial charge on any atom is -0.355 e. The first-order valence-corrected chi connectivity index (χ1v) is 9.23. The molecule has 3 unspecified atom stereocenters. The molecule has 1 aromatic carbocycles. The first-order valence-electron chi connectivity index (χ1n) is 9.23. The van der Waals surface area contributed by atoms with Gasteiger partial charge in [0, 0.05) is 43.3 Å². The van der Waals surface area contributed by atoms with E-state index in [0.29, 0.717) is 18.5 Å². The van der Waals surface area contributed by atoms with E-state index in [4.69, 9.17) is 0 Å². The van der Waals surface area contributed by atoms with Gasteiger partial charge in [-0.25, -0.2) is 5.43 Å². The third kappa shape index (κ3) is 3.42. The van der Waals surface area contributed by atoms with Gasteiger partial charge in [-0.1, -0.05) is 18.2 Å². The number of rotatable bonds is 5. The number of carbonyl (C=O) groups is 1. The lowest BCUT2D eigenvalue weighted by molar-refractivity contribution is -0.124. The number of fused-ring (bicyclic) bond motifs is 2. The van der Waals surface area contributed by atoms with Gasteiger partial charge in [0.15, 0.2) is 0 Å². The summed E-state index contributed by atoms with van der Waals surface area (Å²) in [5.74, 6) is 0.472. The molecule has 0 spiro atoms. The molecule has 0 bridgehead atoms. The van der Waals surface area contributed by atoms with Crippen LogP contribution in [0.2, 0.25) is 0 Å². The van der Waals surface area contributed by atoms with Crippen LogP contribution >= 0.6 is 0 Å². The van der Waals surface area contributed by atoms with Crippen LogP contribution in [0.5, 0.6) is 0 Å². The molecular formula is C19H27N5O. The monoisotopic (exact) mass is 341 g/mol. The fourth-order valence-corrected chi connectivity index (χ4v) is 4.14. The van der Waals surface area contributed by atoms with Crippen molar-refractivity contribution in [2.75, 3.05) is 26.7 Å². The molecule has 0 aliphatic carbocycles. The van der Waals surface area contributed by atoms with E-state index in [1.54, 1.807) is 0 Å². The fourth-order valence-electron chi connectivity index (χ4n) is 4.14. The van der Waals surface area contributed by atoms with Crippen LogP contribution in [0.1, 0.15) is 12.8 Å². The highest BCUT2D eigenvalue weighted by Gasteiger charge is 2.42. The van der Waals surface area contributed by atoms with Gasteiger partial charge in [-0.2, -0.15) is 0 Å². The zero-order valence-electron chi connectivity index (χ0n) is 14.7. The van der Waals surface area contributed by atoms with Crippen LogP contribution in [0.3, 0.4) is 0 Å². The first kappa shape index (κ1) is 16.6. The number of hydrogen-bond acceptors (Lipinski definition) is 4. The standard InChI is InChI=1S/C19H27N5O/c1-23-11-8-16-15(13-23)18(22-21-16)19(25)20-9-4-10-24-12-7-14-5-2-3-6-17(14)24/h2-3,5-7,12,15-16,18,21-22H,4,8-11,13H2,1H3,(H,20,25). The summed E-state index contributed by atoms with van der Waals surface area (Å²) >= 11 is 0. The number of likely N-dealkylation sites (tertiary alicyclic amines) is 1. The second kappa shape index (κ2) is 7.15. The SMILES string of the molecule is CN1CCC2NNC(C(=O)NCCCn3ccc4ccccc43)C2C1. The molecule has 3 heterocycles. The zero-order valence-corrected chi connectivity index (χ0v) is 14.7. The largest absolute Gasteiger partial charge is 0.355 e. The van der Waals surface area contributed by atoms with E-state index in [-0.39, 0.29) is 11.9 Å². The maximum atomic E-state index is 12.5. The number of aryl methyl sites for hydroxylation is 1. The molecule has 6 nitrogen and oxygen atoms in total. The number of nitrogens with one attached hydrogen (secondary N) is 3. The Bertz CT molecular complexity index is 742. The molecule has 4 rings (SSSR count). The summed E-state index contributed by atoms with van der Waals surface area (Å²) in [5.41, 5.74) is 7.76. The van der Waals surface area contributed by atoms with Crippen molar-refractivity contribution in [2.45, 2.75) is 31.5 Å². The second-order valence-corrected chi connectivity index (χ2v) is 7.30. The fraction of sp³-hybridized carbons (Fsp3) is 0.526. The van der Waals surface area contributed by atoms with Gasteiger partial charge in [0.1, 0.15) is 6.04 Å². The van der Waals surface area contributed by atoms with E-state index < -0.39 is 0 Å². The summed E-state index contributed by atoms with van der Waals surface area (Å²) in [6.45, 7) is 3.68. The predicted molar refractivity (Wildman–Crippen MR) is 99.0 cm³/mol. The van der Waals surface area contributed by atoms with Crippen molar-refractivity contribution in [3.63, 3.8) is 0 Å². The van der Waals surface area contributed by atoms with Gasteiger partial charge in [0.05, 0.1) is 0 Å². The zero-order chi connectivity index (χ0) is 17.2. The van der Waals surface area contributed by atoms with Crippen molar-refractivity contribution in [1.82, 2.24) is 25.6 Å². The maximum absolute atomic E-state index is 12.5. The Hall–Kier alpha value is -1.89. The first-order chi connectivity index (χ1) is 12.2. The van der Waals surface area contributed by atoms with Crippen LogP contribution in [0.25, 0.3) is 10.9 Å². The van der Waals surface area contributed by atoms with Gasteiger partial charge in [-0.3, -0.25) is 10.2 Å². The summed E-state index contributed by atoms with van der Waals surface area (Å²) in [6, 6.07) is 10.8. The van der Waals surface area contributed by atoms with E-state index in [0.717, 1.165) is 32.5 Å². The third-order valence-corrected chi connectivity index (χ3v) is 5.55. The van der Waals surface area contributed by atoms with Gasteiger partial charge >= 0.3 is 0 Å². The number of benzene rings is 1. The number of hydrogen-bond donors (Lipinski definition) is 3. The Balaban J connectivity index is 1.26. The van der Waals surface area contributed by atoms with Crippen molar-refractivity contribution >= 4 is 16.8 Å². The Morgan fingerprint density at radius 3 is 3.08 bits per heavy atom. The number of amides is 1. The van der Waals surface area contributed by atoms with E-state index in [1.807, 2.05) is 0 Å². The molecule has 2 aliphatic rings. The van der Waals surface area contributed by atoms with E-state index in [1.165, 1.54) is 10.9 Å². The summed E-state index contributed by atoms with van der Waals surface area (Å²) in [5, 5.41) is 4.37. The number of para-hydroxylation sites is 1. The lowest BCUT2D eigenvalue weighted by atomic mass is 9.88. The molecule has 6 heteroatoms. The van der Waals surface area contributed by atoms with E-state index in [2.05, 4.69) is 69.2 Å². The van der Waals surface area contributed by atoms with Crippen LogP contribution in [0.15, 0.2) is 36.5 Å². The summed E-state index contributed by atoms with van der Waals surface area (Å²) in [7, 11) is 2.13. The maximum Gasteiger partial charge on any atom is 0.238 e. The summed E-state index contributed by atoms with van der Waals surface area (Å²) in [4.78, 5) is 14.9. The molecule has 2 fully saturated rings. The van der Waals surface area contributed by atoms with Crippen LogP contribution in [0.4, 0.5) is 0 Å². The number of piperidine rings is 1. The average Bonchev–Trinajstić information content (AvgIpc) is 3.22. The Labute approximate surface area is 148 Å². The third-order valence-electron chi connectivity index (χ3n) is 5.55. The van der Waals surface area contributed by atoms with Gasteiger partial charge in [-0.15, -0.1) is 0 Å². The highest BCUT2D eigenvalue weighted by molar-refractivity contribution is 5.82. The van der Waals surface area contributed by atoms with Crippen LogP contribution in [-0.4, -0.2) is 54.1 Å². The van der Waals surface area contributed by atoms with Gasteiger partial charge < -0.3 is 14.8 Å². The molecule has 25 heavy (non-hydrogen) atoms.